The molecule has 0 saturated carbocycles. The van der Waals surface area contributed by atoms with E-state index in [0.717, 1.165) is 0 Å². The second-order valence-electron chi connectivity index (χ2n) is 2.38. The third kappa shape index (κ3) is 1.28. The molecule has 1 N–H and O–H groups in total. The molecule has 56 valence electrons. The maximum atomic E-state index is 10.7. The molecular formula is C5H7NO3S. The molecule has 0 bridgehead atoms. The number of aliphatic hydroxyl groups is 1. The van der Waals surface area contributed by atoms with Crippen molar-refractivity contribution < 1.29 is 13.5 Å². The van der Waals surface area contributed by atoms with Crippen LogP contribution in [0.5, 0.6) is 0 Å². The van der Waals surface area contributed by atoms with E-state index in [0.29, 0.717) is 0 Å². The molecule has 1 heterocycles. The third-order valence-corrected chi connectivity index (χ3v) is 3.20. The van der Waals surface area contributed by atoms with Gasteiger partial charge in [0.1, 0.15) is 0 Å². The predicted molar refractivity (Wildman–Crippen MR) is 33.8 cm³/mol. The normalized spacial score (nSPS) is 37.2. The zero-order valence-corrected chi connectivity index (χ0v) is 6.00. The molecule has 1 fully saturated rings. The smallest absolute Gasteiger partial charge is 0.154 e. The van der Waals surface area contributed by atoms with Gasteiger partial charge in [0.05, 0.1) is 29.6 Å². The molecule has 1 saturated heterocycles. The number of aliphatic hydroxyl groups excluding tert-OH is 1. The molecule has 10 heavy (non-hydrogen) atoms. The van der Waals surface area contributed by atoms with Gasteiger partial charge < -0.3 is 5.11 Å². The molecule has 0 aliphatic carbocycles. The second-order valence-corrected chi connectivity index (χ2v) is 4.53. The Morgan fingerprint density at radius 1 is 1.50 bits per heavy atom. The van der Waals surface area contributed by atoms with Gasteiger partial charge in [0.15, 0.2) is 9.84 Å². The van der Waals surface area contributed by atoms with Gasteiger partial charge in [-0.3, -0.25) is 0 Å². The van der Waals surface area contributed by atoms with Crippen LogP contribution < -0.4 is 0 Å². The van der Waals surface area contributed by atoms with E-state index in [-0.39, 0.29) is 11.5 Å². The highest BCUT2D eigenvalue weighted by molar-refractivity contribution is 7.91. The van der Waals surface area contributed by atoms with Crippen molar-refractivity contribution in [2.75, 3.05) is 11.5 Å². The average Bonchev–Trinajstić information content (AvgIpc) is 2.05. The largest absolute Gasteiger partial charge is 0.391 e. The Bertz CT molecular complexity index is 263. The molecule has 5 heteroatoms. The quantitative estimate of drug-likeness (QED) is 0.490. The predicted octanol–water partition coefficient (Wildman–Crippen LogP) is -1.08. The summed E-state index contributed by atoms with van der Waals surface area (Å²) in [4.78, 5) is 0. The molecule has 1 rings (SSSR count). The Kier molecular flexibility index (Phi) is 1.67. The van der Waals surface area contributed by atoms with Gasteiger partial charge >= 0.3 is 0 Å². The summed E-state index contributed by atoms with van der Waals surface area (Å²) in [6.45, 7) is 0. The van der Waals surface area contributed by atoms with Crippen LogP contribution in [-0.2, 0) is 9.84 Å². The van der Waals surface area contributed by atoms with Crippen molar-refractivity contribution >= 4 is 9.84 Å². The zero-order chi connectivity index (χ0) is 7.78. The van der Waals surface area contributed by atoms with Crippen LogP contribution >= 0.6 is 0 Å². The van der Waals surface area contributed by atoms with Gasteiger partial charge in [-0.15, -0.1) is 0 Å². The van der Waals surface area contributed by atoms with E-state index in [9.17, 15) is 8.42 Å². The summed E-state index contributed by atoms with van der Waals surface area (Å²) in [6, 6.07) is 1.74. The first-order chi connectivity index (χ1) is 4.55. The number of nitrogens with zero attached hydrogens (tertiary/aromatic N) is 1. The molecule has 1 aliphatic heterocycles. The van der Waals surface area contributed by atoms with Crippen molar-refractivity contribution in [3.8, 4) is 6.07 Å². The van der Waals surface area contributed by atoms with Crippen molar-refractivity contribution in [2.45, 2.75) is 6.10 Å². The van der Waals surface area contributed by atoms with E-state index in [2.05, 4.69) is 0 Å². The van der Waals surface area contributed by atoms with Gasteiger partial charge in [0, 0.05) is 0 Å². The maximum Gasteiger partial charge on any atom is 0.154 e. The van der Waals surface area contributed by atoms with Crippen LogP contribution in [0.1, 0.15) is 0 Å². The highest BCUT2D eigenvalue weighted by Crippen LogP contribution is 2.17. The van der Waals surface area contributed by atoms with Crippen molar-refractivity contribution in [1.82, 2.24) is 0 Å². The summed E-state index contributed by atoms with van der Waals surface area (Å²) in [5.74, 6) is -1.17. The van der Waals surface area contributed by atoms with E-state index in [4.69, 9.17) is 10.4 Å². The Hall–Kier alpha value is -0.600. The second kappa shape index (κ2) is 2.22. The summed E-state index contributed by atoms with van der Waals surface area (Å²) < 4.78 is 21.4. The van der Waals surface area contributed by atoms with Crippen LogP contribution in [0.25, 0.3) is 0 Å². The van der Waals surface area contributed by atoms with Crippen LogP contribution in [-0.4, -0.2) is 31.1 Å². The SMILES string of the molecule is N#C[C@@H]1CS(=O)(=O)C[C@@H]1O. The van der Waals surface area contributed by atoms with Gasteiger partial charge in [-0.05, 0) is 0 Å². The Labute approximate surface area is 59.0 Å². The minimum atomic E-state index is -3.13. The van der Waals surface area contributed by atoms with E-state index in [1.54, 1.807) is 6.07 Å². The van der Waals surface area contributed by atoms with E-state index >= 15 is 0 Å². The molecule has 0 unspecified atom stereocenters. The lowest BCUT2D eigenvalue weighted by Gasteiger charge is -1.98. The van der Waals surface area contributed by atoms with Crippen LogP contribution in [0.2, 0.25) is 0 Å². The first-order valence-corrected chi connectivity index (χ1v) is 4.65. The molecule has 0 radical (unpaired) electrons. The zero-order valence-electron chi connectivity index (χ0n) is 5.19. The molecule has 0 aromatic heterocycles. The number of rotatable bonds is 0. The summed E-state index contributed by atoms with van der Waals surface area (Å²) in [6.07, 6.45) is -0.977. The topological polar surface area (TPSA) is 78.2 Å². The number of hydrogen-bond acceptors (Lipinski definition) is 4. The highest BCUT2D eigenvalue weighted by atomic mass is 32.2. The fourth-order valence-electron chi connectivity index (χ4n) is 0.952. The molecule has 0 amide bonds. The summed E-state index contributed by atoms with van der Waals surface area (Å²) in [5.41, 5.74) is 0. The lowest BCUT2D eigenvalue weighted by atomic mass is 10.1. The summed E-state index contributed by atoms with van der Waals surface area (Å²) in [7, 11) is -3.13. The number of sulfone groups is 1. The molecule has 2 atom stereocenters. The van der Waals surface area contributed by atoms with Gasteiger partial charge in [-0.2, -0.15) is 5.26 Å². The number of hydrogen-bond donors (Lipinski definition) is 1. The monoisotopic (exact) mass is 161 g/mol. The Morgan fingerprint density at radius 2 is 2.10 bits per heavy atom. The van der Waals surface area contributed by atoms with Crippen molar-refractivity contribution in [3.05, 3.63) is 0 Å². The van der Waals surface area contributed by atoms with Crippen molar-refractivity contribution in [2.24, 2.45) is 5.92 Å². The van der Waals surface area contributed by atoms with Gasteiger partial charge in [0.2, 0.25) is 0 Å². The Morgan fingerprint density at radius 3 is 2.30 bits per heavy atom. The molecule has 4 nitrogen and oxygen atoms in total. The van der Waals surface area contributed by atoms with Gasteiger partial charge in [-0.25, -0.2) is 8.42 Å². The van der Waals surface area contributed by atoms with Crippen molar-refractivity contribution in [1.29, 1.82) is 5.26 Å². The van der Waals surface area contributed by atoms with Crippen LogP contribution in [0, 0.1) is 17.2 Å². The minimum Gasteiger partial charge on any atom is -0.391 e. The van der Waals surface area contributed by atoms with E-state index in [1.165, 1.54) is 0 Å². The third-order valence-electron chi connectivity index (χ3n) is 1.49. The van der Waals surface area contributed by atoms with Crippen LogP contribution in [0.4, 0.5) is 0 Å². The average molecular weight is 161 g/mol. The van der Waals surface area contributed by atoms with Gasteiger partial charge in [-0.1, -0.05) is 0 Å². The summed E-state index contributed by atoms with van der Waals surface area (Å²) >= 11 is 0. The molecule has 0 aromatic rings. The first kappa shape index (κ1) is 7.51. The molecule has 0 aromatic carbocycles. The molecular weight excluding hydrogens is 154 g/mol. The lowest BCUT2D eigenvalue weighted by Crippen LogP contribution is -2.15. The fraction of sp³-hybridized carbons (Fsp3) is 0.800. The van der Waals surface area contributed by atoms with Crippen molar-refractivity contribution in [3.63, 3.8) is 0 Å². The lowest BCUT2D eigenvalue weighted by molar-refractivity contribution is 0.174. The van der Waals surface area contributed by atoms with E-state index < -0.39 is 21.9 Å². The number of nitriles is 1. The highest BCUT2D eigenvalue weighted by Gasteiger charge is 2.36. The fourth-order valence-corrected chi connectivity index (χ4v) is 2.68. The molecule has 1 aliphatic rings. The first-order valence-electron chi connectivity index (χ1n) is 2.83. The molecule has 0 spiro atoms. The summed E-state index contributed by atoms with van der Waals surface area (Å²) in [5, 5.41) is 17.2. The van der Waals surface area contributed by atoms with Gasteiger partial charge in [0.25, 0.3) is 0 Å². The minimum absolute atomic E-state index is 0.190. The maximum absolute atomic E-state index is 10.7. The Balaban J connectivity index is 2.83. The van der Waals surface area contributed by atoms with Crippen LogP contribution in [0.15, 0.2) is 0 Å². The van der Waals surface area contributed by atoms with E-state index in [1.807, 2.05) is 0 Å². The standard InChI is InChI=1S/C5H7NO3S/c6-1-4-2-10(8,9)3-5(4)7/h4-5,7H,2-3H2/t4-,5+/m1/s1. The van der Waals surface area contributed by atoms with Crippen LogP contribution in [0.3, 0.4) is 0 Å².